The van der Waals surface area contributed by atoms with Crippen molar-refractivity contribution in [1.82, 2.24) is 9.62 Å². The fourth-order valence-electron chi connectivity index (χ4n) is 5.02. The molecule has 2 aliphatic rings. The summed E-state index contributed by atoms with van der Waals surface area (Å²) in [5, 5.41) is 13.0. The van der Waals surface area contributed by atoms with E-state index in [9.17, 15) is 18.3 Å². The monoisotopic (exact) mass is 422 g/mol. The molecule has 7 heteroatoms. The molecule has 0 aromatic heterocycles. The lowest BCUT2D eigenvalue weighted by atomic mass is 9.65. The van der Waals surface area contributed by atoms with Gasteiger partial charge in [0, 0.05) is 25.6 Å². The van der Waals surface area contributed by atoms with Crippen LogP contribution in [-0.2, 0) is 14.8 Å². The van der Waals surface area contributed by atoms with E-state index in [1.54, 1.807) is 45.0 Å². The summed E-state index contributed by atoms with van der Waals surface area (Å²) in [5.41, 5.74) is -0.608. The number of rotatable bonds is 6. The van der Waals surface area contributed by atoms with Crippen molar-refractivity contribution in [3.05, 3.63) is 29.8 Å². The Bertz CT molecular complexity index is 850. The van der Waals surface area contributed by atoms with Crippen molar-refractivity contribution in [3.63, 3.8) is 0 Å². The summed E-state index contributed by atoms with van der Waals surface area (Å²) in [4.78, 5) is 13.5. The van der Waals surface area contributed by atoms with E-state index < -0.39 is 15.6 Å². The van der Waals surface area contributed by atoms with Crippen LogP contribution in [0.4, 0.5) is 0 Å². The summed E-state index contributed by atoms with van der Waals surface area (Å²) >= 11 is 0. The highest BCUT2D eigenvalue weighted by molar-refractivity contribution is 7.89. The van der Waals surface area contributed by atoms with Crippen molar-refractivity contribution in [2.45, 2.75) is 69.4 Å². The standard InChI is InChI=1S/C22H34N2O4S/c1-15-8-5-6-11-19(15)29(27,28)24(4)22(2,3)21(26)23-20-17-10-7-9-16(12-17)13-18(20)14-25/h5-6,8,11,16-18,20,25H,7,9-10,12-14H2,1-4H3,(H,23,26). The molecular formula is C22H34N2O4S. The highest BCUT2D eigenvalue weighted by atomic mass is 32.2. The van der Waals surface area contributed by atoms with Gasteiger partial charge in [0.2, 0.25) is 15.9 Å². The molecule has 2 fully saturated rings. The third-order valence-corrected chi connectivity index (χ3v) is 9.27. The molecule has 1 aromatic rings. The van der Waals surface area contributed by atoms with Crippen molar-refractivity contribution >= 4 is 15.9 Å². The zero-order valence-electron chi connectivity index (χ0n) is 17.9. The number of hydrogen-bond acceptors (Lipinski definition) is 4. The first-order chi connectivity index (χ1) is 13.6. The molecule has 0 spiro atoms. The van der Waals surface area contributed by atoms with E-state index in [1.165, 1.54) is 13.5 Å². The summed E-state index contributed by atoms with van der Waals surface area (Å²) in [7, 11) is -2.37. The van der Waals surface area contributed by atoms with E-state index >= 15 is 0 Å². The summed E-state index contributed by atoms with van der Waals surface area (Å²) in [6.07, 6.45) is 5.42. The van der Waals surface area contributed by atoms with Crippen molar-refractivity contribution < 1.29 is 18.3 Å². The van der Waals surface area contributed by atoms with E-state index in [0.29, 0.717) is 17.4 Å². The van der Waals surface area contributed by atoms with Crippen LogP contribution < -0.4 is 5.32 Å². The van der Waals surface area contributed by atoms with E-state index in [4.69, 9.17) is 0 Å². The lowest BCUT2D eigenvalue weighted by molar-refractivity contribution is -0.131. The van der Waals surface area contributed by atoms with Crippen molar-refractivity contribution in [1.29, 1.82) is 0 Å². The van der Waals surface area contributed by atoms with E-state index in [2.05, 4.69) is 5.32 Å². The number of carbonyl (C=O) groups is 1. The molecule has 4 atom stereocenters. The SMILES string of the molecule is Cc1ccccc1S(=O)(=O)N(C)C(C)(C)C(=O)NC1C(CO)CC2CCCC1C2. The Hall–Kier alpha value is -1.44. The number of nitrogens with zero attached hydrogens (tertiary/aromatic N) is 1. The van der Waals surface area contributed by atoms with Crippen LogP contribution in [0.3, 0.4) is 0 Å². The van der Waals surface area contributed by atoms with E-state index in [-0.39, 0.29) is 29.4 Å². The predicted octanol–water partition coefficient (Wildman–Crippen LogP) is 2.70. The number of amides is 1. The molecule has 3 rings (SSSR count). The Balaban J connectivity index is 1.81. The van der Waals surface area contributed by atoms with Gasteiger partial charge in [-0.1, -0.05) is 31.0 Å². The average Bonchev–Trinajstić information content (AvgIpc) is 2.69. The van der Waals surface area contributed by atoms with Crippen LogP contribution in [0.15, 0.2) is 29.2 Å². The zero-order valence-corrected chi connectivity index (χ0v) is 18.7. The predicted molar refractivity (Wildman–Crippen MR) is 113 cm³/mol. The number of aliphatic hydroxyl groups excluding tert-OH is 1. The Kier molecular flexibility index (Phi) is 6.41. The maximum absolute atomic E-state index is 13.3. The van der Waals surface area contributed by atoms with Gasteiger partial charge in [-0.05, 0) is 63.5 Å². The molecule has 0 radical (unpaired) electrons. The number of likely N-dealkylation sites (N-methyl/N-ethyl adjacent to an activating group) is 1. The molecule has 6 nitrogen and oxygen atoms in total. The molecule has 0 aliphatic heterocycles. The number of fused-ring (bicyclic) bond motifs is 2. The maximum Gasteiger partial charge on any atom is 0.244 e. The molecule has 4 unspecified atom stereocenters. The van der Waals surface area contributed by atoms with Gasteiger partial charge in [0.1, 0.15) is 5.54 Å². The van der Waals surface area contributed by atoms with Crippen LogP contribution in [0, 0.1) is 24.7 Å². The molecule has 2 N–H and O–H groups in total. The van der Waals surface area contributed by atoms with E-state index in [0.717, 1.165) is 30.0 Å². The third kappa shape index (κ3) is 4.23. The van der Waals surface area contributed by atoms with Crippen LogP contribution in [0.2, 0.25) is 0 Å². The van der Waals surface area contributed by atoms with Crippen molar-refractivity contribution in [2.75, 3.05) is 13.7 Å². The first-order valence-corrected chi connectivity index (χ1v) is 12.0. The van der Waals surface area contributed by atoms with Gasteiger partial charge in [0.15, 0.2) is 0 Å². The first kappa shape index (κ1) is 22.2. The Morgan fingerprint density at radius 3 is 2.59 bits per heavy atom. The maximum atomic E-state index is 13.3. The van der Waals surface area contributed by atoms with Crippen LogP contribution in [0.25, 0.3) is 0 Å². The number of nitrogens with one attached hydrogen (secondary N) is 1. The van der Waals surface area contributed by atoms with Crippen molar-refractivity contribution in [3.8, 4) is 0 Å². The molecule has 29 heavy (non-hydrogen) atoms. The Morgan fingerprint density at radius 2 is 1.93 bits per heavy atom. The summed E-state index contributed by atoms with van der Waals surface area (Å²) in [6, 6.07) is 6.70. The van der Waals surface area contributed by atoms with Crippen LogP contribution in [-0.4, -0.2) is 49.0 Å². The van der Waals surface area contributed by atoms with E-state index in [1.807, 2.05) is 0 Å². The zero-order chi connectivity index (χ0) is 21.4. The van der Waals surface area contributed by atoms with Gasteiger partial charge in [-0.2, -0.15) is 4.31 Å². The topological polar surface area (TPSA) is 86.7 Å². The largest absolute Gasteiger partial charge is 0.396 e. The average molecular weight is 423 g/mol. The number of carbonyl (C=O) groups excluding carboxylic acids is 1. The fourth-order valence-corrected chi connectivity index (χ4v) is 6.73. The lowest BCUT2D eigenvalue weighted by Gasteiger charge is -2.46. The minimum atomic E-state index is -3.83. The normalized spacial score (nSPS) is 27.7. The lowest BCUT2D eigenvalue weighted by Crippen LogP contribution is -2.60. The van der Waals surface area contributed by atoms with Gasteiger partial charge in [0.05, 0.1) is 4.90 Å². The Labute approximate surface area is 174 Å². The minimum Gasteiger partial charge on any atom is -0.396 e. The summed E-state index contributed by atoms with van der Waals surface area (Å²) in [5.74, 6) is 0.718. The number of aryl methyl sites for hydroxylation is 1. The molecule has 1 amide bonds. The first-order valence-electron chi connectivity index (χ1n) is 10.6. The molecule has 0 heterocycles. The van der Waals surface area contributed by atoms with Crippen LogP contribution in [0.5, 0.6) is 0 Å². The third-order valence-electron chi connectivity index (χ3n) is 7.08. The quantitative estimate of drug-likeness (QED) is 0.738. The molecule has 2 bridgehead atoms. The van der Waals surface area contributed by atoms with Gasteiger partial charge >= 0.3 is 0 Å². The van der Waals surface area contributed by atoms with Crippen LogP contribution >= 0.6 is 0 Å². The molecule has 1 aromatic carbocycles. The number of aliphatic hydroxyl groups is 1. The van der Waals surface area contributed by atoms with Crippen LogP contribution in [0.1, 0.15) is 51.5 Å². The summed E-state index contributed by atoms with van der Waals surface area (Å²) < 4.78 is 27.6. The molecule has 0 saturated heterocycles. The van der Waals surface area contributed by atoms with Gasteiger partial charge in [0.25, 0.3) is 0 Å². The van der Waals surface area contributed by atoms with Gasteiger partial charge in [-0.15, -0.1) is 0 Å². The number of hydrogen-bond donors (Lipinski definition) is 2. The second kappa shape index (κ2) is 8.36. The molecular weight excluding hydrogens is 388 g/mol. The smallest absolute Gasteiger partial charge is 0.244 e. The summed E-state index contributed by atoms with van der Waals surface area (Å²) in [6.45, 7) is 5.08. The second-order valence-electron chi connectivity index (χ2n) is 9.27. The van der Waals surface area contributed by atoms with Gasteiger partial charge < -0.3 is 10.4 Å². The van der Waals surface area contributed by atoms with Crippen molar-refractivity contribution in [2.24, 2.45) is 17.8 Å². The second-order valence-corrected chi connectivity index (χ2v) is 11.2. The Morgan fingerprint density at radius 1 is 1.24 bits per heavy atom. The van der Waals surface area contributed by atoms with Gasteiger partial charge in [-0.3, -0.25) is 4.79 Å². The fraction of sp³-hybridized carbons (Fsp3) is 0.682. The number of benzene rings is 1. The molecule has 2 aliphatic carbocycles. The number of sulfonamides is 1. The highest BCUT2D eigenvalue weighted by Gasteiger charge is 2.45. The highest BCUT2D eigenvalue weighted by Crippen LogP contribution is 2.42. The molecule has 162 valence electrons. The minimum absolute atomic E-state index is 0.0390. The molecule has 2 saturated carbocycles. The van der Waals surface area contributed by atoms with Gasteiger partial charge in [-0.25, -0.2) is 8.42 Å².